The number of rotatable bonds is 4. The van der Waals surface area contributed by atoms with Gasteiger partial charge >= 0.3 is 6.18 Å². The zero-order chi connectivity index (χ0) is 14.8. The van der Waals surface area contributed by atoms with Gasteiger partial charge in [-0.3, -0.25) is 0 Å². The molecule has 0 fully saturated rings. The molecular weight excluding hydrogens is 279 g/mol. The Bertz CT molecular complexity index is 538. The van der Waals surface area contributed by atoms with Crippen LogP contribution >= 0.6 is 0 Å². The zero-order valence-electron chi connectivity index (χ0n) is 10.6. The molecule has 0 amide bonds. The number of alkyl halides is 3. The third-order valence-corrected chi connectivity index (χ3v) is 4.95. The van der Waals surface area contributed by atoms with E-state index in [2.05, 4.69) is 0 Å². The highest BCUT2D eigenvalue weighted by molar-refractivity contribution is 7.92. The standard InChI is InChI=1S/C12H16F3NO2S/c1-8(16)7-9(2)19(17,18)11-6-4-3-5-10(11)12(13,14)15/h3-6,8-9H,7,16H2,1-2H3. The van der Waals surface area contributed by atoms with Gasteiger partial charge in [0.15, 0.2) is 9.84 Å². The fourth-order valence-corrected chi connectivity index (χ4v) is 3.56. The highest BCUT2D eigenvalue weighted by Gasteiger charge is 2.38. The van der Waals surface area contributed by atoms with E-state index in [0.29, 0.717) is 0 Å². The minimum atomic E-state index is -4.70. The first-order valence-electron chi connectivity index (χ1n) is 5.72. The summed E-state index contributed by atoms with van der Waals surface area (Å²) in [4.78, 5) is -0.685. The maximum atomic E-state index is 12.8. The number of halogens is 3. The Morgan fingerprint density at radius 1 is 1.21 bits per heavy atom. The van der Waals surface area contributed by atoms with Crippen molar-refractivity contribution in [3.63, 3.8) is 0 Å². The van der Waals surface area contributed by atoms with Crippen LogP contribution in [-0.4, -0.2) is 19.7 Å². The first-order chi connectivity index (χ1) is 8.56. The largest absolute Gasteiger partial charge is 0.417 e. The minimum Gasteiger partial charge on any atom is -0.328 e. The van der Waals surface area contributed by atoms with Gasteiger partial charge in [-0.1, -0.05) is 12.1 Å². The Labute approximate surface area is 110 Å². The van der Waals surface area contributed by atoms with Crippen LogP contribution in [0.2, 0.25) is 0 Å². The van der Waals surface area contributed by atoms with Crippen LogP contribution in [0.4, 0.5) is 13.2 Å². The molecule has 1 rings (SSSR count). The van der Waals surface area contributed by atoms with Gasteiger partial charge in [-0.05, 0) is 32.4 Å². The van der Waals surface area contributed by atoms with Crippen LogP contribution in [-0.2, 0) is 16.0 Å². The Hall–Kier alpha value is -1.08. The number of hydrogen-bond donors (Lipinski definition) is 1. The molecule has 0 saturated carbocycles. The predicted octanol–water partition coefficient (Wildman–Crippen LogP) is 2.60. The minimum absolute atomic E-state index is 0.106. The second-order valence-electron chi connectivity index (χ2n) is 4.56. The van der Waals surface area contributed by atoms with Crippen LogP contribution in [0.5, 0.6) is 0 Å². The lowest BCUT2D eigenvalue weighted by molar-refractivity contribution is -0.139. The van der Waals surface area contributed by atoms with Gasteiger partial charge in [0.1, 0.15) is 0 Å². The third kappa shape index (κ3) is 3.70. The molecule has 0 heterocycles. The van der Waals surface area contributed by atoms with Gasteiger partial charge in [-0.15, -0.1) is 0 Å². The summed E-state index contributed by atoms with van der Waals surface area (Å²) in [5.74, 6) is 0. The van der Waals surface area contributed by atoms with Crippen molar-refractivity contribution in [1.29, 1.82) is 0 Å². The van der Waals surface area contributed by atoms with Gasteiger partial charge in [0, 0.05) is 6.04 Å². The second kappa shape index (κ2) is 5.50. The van der Waals surface area contributed by atoms with Gasteiger partial charge in [0.25, 0.3) is 0 Å². The molecule has 108 valence electrons. The normalized spacial score (nSPS) is 16.1. The zero-order valence-corrected chi connectivity index (χ0v) is 11.4. The Morgan fingerprint density at radius 2 is 1.74 bits per heavy atom. The van der Waals surface area contributed by atoms with Crippen molar-refractivity contribution in [2.75, 3.05) is 0 Å². The summed E-state index contributed by atoms with van der Waals surface area (Å²) in [6.45, 7) is 2.98. The van der Waals surface area contributed by atoms with Gasteiger partial charge in [0.05, 0.1) is 15.7 Å². The Morgan fingerprint density at radius 3 is 2.21 bits per heavy atom. The molecule has 0 saturated heterocycles. The van der Waals surface area contributed by atoms with Gasteiger partial charge in [-0.25, -0.2) is 8.42 Å². The van der Waals surface area contributed by atoms with E-state index in [1.807, 2.05) is 0 Å². The molecule has 0 aliphatic rings. The maximum Gasteiger partial charge on any atom is 0.417 e. The summed E-state index contributed by atoms with van der Waals surface area (Å²) in [6.07, 6.45) is -4.59. The van der Waals surface area contributed by atoms with Crippen molar-refractivity contribution in [2.45, 2.75) is 42.6 Å². The van der Waals surface area contributed by atoms with E-state index in [0.717, 1.165) is 18.2 Å². The van der Waals surface area contributed by atoms with Crippen molar-refractivity contribution in [2.24, 2.45) is 5.73 Å². The lowest BCUT2D eigenvalue weighted by Gasteiger charge is -2.18. The first-order valence-corrected chi connectivity index (χ1v) is 7.27. The molecule has 2 N–H and O–H groups in total. The molecular formula is C12H16F3NO2S. The molecule has 1 aromatic carbocycles. The van der Waals surface area contributed by atoms with Crippen LogP contribution in [0, 0.1) is 0 Å². The summed E-state index contributed by atoms with van der Waals surface area (Å²) in [6, 6.07) is 3.79. The first kappa shape index (κ1) is 16.0. The molecule has 7 heteroatoms. The molecule has 0 aromatic heterocycles. The highest BCUT2D eigenvalue weighted by Crippen LogP contribution is 2.35. The van der Waals surface area contributed by atoms with Gasteiger partial charge in [0.2, 0.25) is 0 Å². The lowest BCUT2D eigenvalue weighted by Crippen LogP contribution is -2.28. The molecule has 3 nitrogen and oxygen atoms in total. The number of hydrogen-bond acceptors (Lipinski definition) is 3. The molecule has 2 unspecified atom stereocenters. The van der Waals surface area contributed by atoms with Crippen molar-refractivity contribution in [3.8, 4) is 0 Å². The smallest absolute Gasteiger partial charge is 0.328 e. The number of sulfone groups is 1. The number of benzene rings is 1. The lowest BCUT2D eigenvalue weighted by atomic mass is 10.2. The molecule has 0 spiro atoms. The molecule has 0 aliphatic heterocycles. The molecule has 0 radical (unpaired) electrons. The van der Waals surface area contributed by atoms with Crippen LogP contribution in [0.25, 0.3) is 0 Å². The van der Waals surface area contributed by atoms with Crippen LogP contribution in [0.15, 0.2) is 29.2 Å². The molecule has 1 aromatic rings. The summed E-state index contributed by atoms with van der Waals surface area (Å²) in [5.41, 5.74) is 4.37. The molecule has 0 aliphatic carbocycles. The predicted molar refractivity (Wildman–Crippen MR) is 66.4 cm³/mol. The van der Waals surface area contributed by atoms with E-state index >= 15 is 0 Å². The second-order valence-corrected chi connectivity index (χ2v) is 6.90. The molecule has 19 heavy (non-hydrogen) atoms. The van der Waals surface area contributed by atoms with Crippen molar-refractivity contribution < 1.29 is 21.6 Å². The summed E-state index contributed by atoms with van der Waals surface area (Å²) >= 11 is 0. The van der Waals surface area contributed by atoms with E-state index in [4.69, 9.17) is 5.73 Å². The monoisotopic (exact) mass is 295 g/mol. The fraction of sp³-hybridized carbons (Fsp3) is 0.500. The van der Waals surface area contributed by atoms with Crippen molar-refractivity contribution >= 4 is 9.84 Å². The van der Waals surface area contributed by atoms with E-state index < -0.39 is 37.8 Å². The van der Waals surface area contributed by atoms with Crippen molar-refractivity contribution in [3.05, 3.63) is 29.8 Å². The van der Waals surface area contributed by atoms with E-state index in [-0.39, 0.29) is 6.42 Å². The molecule has 2 atom stereocenters. The summed E-state index contributed by atoms with van der Waals surface area (Å²) in [5, 5.41) is -0.962. The fourth-order valence-electron chi connectivity index (χ4n) is 1.82. The Balaban J connectivity index is 3.30. The average molecular weight is 295 g/mol. The molecule has 0 bridgehead atoms. The summed E-state index contributed by atoms with van der Waals surface area (Å²) in [7, 11) is -4.05. The topological polar surface area (TPSA) is 60.2 Å². The Kier molecular flexibility index (Phi) is 4.63. The maximum absolute atomic E-state index is 12.8. The van der Waals surface area contributed by atoms with Gasteiger partial charge < -0.3 is 5.73 Å². The highest BCUT2D eigenvalue weighted by atomic mass is 32.2. The number of nitrogens with two attached hydrogens (primary N) is 1. The average Bonchev–Trinajstić information content (AvgIpc) is 2.27. The third-order valence-electron chi connectivity index (χ3n) is 2.73. The van der Waals surface area contributed by atoms with Crippen molar-refractivity contribution in [1.82, 2.24) is 0 Å². The quantitative estimate of drug-likeness (QED) is 0.929. The SMILES string of the molecule is CC(N)CC(C)S(=O)(=O)c1ccccc1C(F)(F)F. The van der Waals surface area contributed by atoms with E-state index in [1.165, 1.54) is 13.0 Å². The van der Waals surface area contributed by atoms with Crippen LogP contribution in [0.1, 0.15) is 25.8 Å². The van der Waals surface area contributed by atoms with Gasteiger partial charge in [-0.2, -0.15) is 13.2 Å². The van der Waals surface area contributed by atoms with E-state index in [1.54, 1.807) is 6.92 Å². The van der Waals surface area contributed by atoms with E-state index in [9.17, 15) is 21.6 Å². The van der Waals surface area contributed by atoms with Crippen LogP contribution in [0.3, 0.4) is 0 Å². The summed E-state index contributed by atoms with van der Waals surface area (Å²) < 4.78 is 62.8. The van der Waals surface area contributed by atoms with Crippen LogP contribution < -0.4 is 5.73 Å².